The van der Waals surface area contributed by atoms with E-state index < -0.39 is 20.4 Å². The first kappa shape index (κ1) is 29.1. The number of carbonyl (C=O) groups excluding carboxylic acids is 2. The smallest absolute Gasteiger partial charge is 0.342 e. The minimum Gasteiger partial charge on any atom is -0.507 e. The Labute approximate surface area is 201 Å². The Morgan fingerprint density at radius 1 is 1.03 bits per heavy atom. The molecule has 1 aromatic rings. The molecule has 1 aromatic carbocycles. The Hall–Kier alpha value is -1.92. The van der Waals surface area contributed by atoms with Crippen molar-refractivity contribution in [3.63, 3.8) is 0 Å². The maximum absolute atomic E-state index is 13.1. The number of rotatable bonds is 14. The Bertz CT molecular complexity index is 772. The molecule has 0 saturated heterocycles. The van der Waals surface area contributed by atoms with E-state index in [1.54, 1.807) is 6.07 Å². The van der Waals surface area contributed by atoms with Gasteiger partial charge in [-0.05, 0) is 54.9 Å². The van der Waals surface area contributed by atoms with E-state index in [9.17, 15) is 14.7 Å². The second kappa shape index (κ2) is 13.7. The Morgan fingerprint density at radius 3 is 2.15 bits per heavy atom. The number of hydrogen-bond acceptors (Lipinski definition) is 5. The number of phenolic OH excluding ortho intramolecular Hbond substituents is 1. The number of phenols is 1. The lowest BCUT2D eigenvalue weighted by Crippen LogP contribution is -2.48. The van der Waals surface area contributed by atoms with Crippen molar-refractivity contribution in [2.75, 3.05) is 6.61 Å². The summed E-state index contributed by atoms with van der Waals surface area (Å²) in [6, 6.07) is 5.05. The minimum absolute atomic E-state index is 0.0871. The van der Waals surface area contributed by atoms with Crippen LogP contribution >= 0.6 is 0 Å². The van der Waals surface area contributed by atoms with Gasteiger partial charge in [0.25, 0.3) is 0 Å². The first-order valence-corrected chi connectivity index (χ1v) is 14.3. The van der Waals surface area contributed by atoms with Gasteiger partial charge < -0.3 is 19.1 Å². The van der Waals surface area contributed by atoms with Crippen molar-refractivity contribution in [3.8, 4) is 5.75 Å². The molecule has 1 atom stereocenters. The number of hydrogen-bond donors (Lipinski definition) is 1. The van der Waals surface area contributed by atoms with Crippen molar-refractivity contribution in [1.82, 2.24) is 0 Å². The van der Waals surface area contributed by atoms with Gasteiger partial charge in [-0.25, -0.2) is 4.79 Å². The van der Waals surface area contributed by atoms with E-state index in [2.05, 4.69) is 41.5 Å². The van der Waals surface area contributed by atoms with Crippen molar-refractivity contribution in [1.29, 1.82) is 0 Å². The molecule has 0 aromatic heterocycles. The predicted octanol–water partition coefficient (Wildman–Crippen LogP) is 6.99. The van der Waals surface area contributed by atoms with E-state index in [1.165, 1.54) is 6.07 Å². The van der Waals surface area contributed by atoms with E-state index in [4.69, 9.17) is 9.16 Å². The maximum atomic E-state index is 13.1. The molecule has 0 aliphatic carbocycles. The van der Waals surface area contributed by atoms with Crippen LogP contribution in [0.4, 0.5) is 0 Å². The molecule has 0 spiro atoms. The topological polar surface area (TPSA) is 72.8 Å². The molecule has 5 nitrogen and oxygen atoms in total. The van der Waals surface area contributed by atoms with Crippen LogP contribution in [-0.2, 0) is 20.4 Å². The van der Waals surface area contributed by atoms with Gasteiger partial charge in [0.2, 0.25) is 0 Å². The van der Waals surface area contributed by atoms with Crippen molar-refractivity contribution in [2.24, 2.45) is 0 Å². The molecule has 186 valence electrons. The van der Waals surface area contributed by atoms with Gasteiger partial charge in [0, 0.05) is 19.4 Å². The quantitative estimate of drug-likeness (QED) is 0.136. The summed E-state index contributed by atoms with van der Waals surface area (Å²) in [4.78, 5) is 24.1. The molecule has 0 radical (unpaired) electrons. The van der Waals surface area contributed by atoms with Crippen LogP contribution in [0, 0.1) is 0 Å². The van der Waals surface area contributed by atoms with Crippen LogP contribution in [0.1, 0.15) is 90.6 Å². The number of esters is 1. The van der Waals surface area contributed by atoms with Gasteiger partial charge in [-0.3, -0.25) is 0 Å². The number of benzene rings is 1. The van der Waals surface area contributed by atoms with Gasteiger partial charge in [0.1, 0.15) is 23.7 Å². The number of carbonyl (C=O) groups is 2. The van der Waals surface area contributed by atoms with Crippen LogP contribution in [0.25, 0.3) is 0 Å². The highest BCUT2D eigenvalue weighted by Crippen LogP contribution is 2.42. The van der Waals surface area contributed by atoms with E-state index in [0.717, 1.165) is 17.4 Å². The van der Waals surface area contributed by atoms with Crippen LogP contribution < -0.4 is 0 Å². The van der Waals surface area contributed by atoms with Gasteiger partial charge in [0.05, 0.1) is 0 Å². The van der Waals surface area contributed by atoms with E-state index in [-0.39, 0.29) is 11.3 Å². The van der Waals surface area contributed by atoms with Crippen LogP contribution in [-0.4, -0.2) is 38.4 Å². The predicted molar refractivity (Wildman–Crippen MR) is 137 cm³/mol. The third-order valence-corrected chi connectivity index (χ3v) is 12.6. The molecule has 0 saturated carbocycles. The lowest BCUT2D eigenvalue weighted by Gasteiger charge is -2.42. The highest BCUT2D eigenvalue weighted by molar-refractivity contribution is 6.77. The first-order valence-electron chi connectivity index (χ1n) is 12.2. The summed E-state index contributed by atoms with van der Waals surface area (Å²) in [6.45, 7) is 17.9. The highest BCUT2D eigenvalue weighted by Gasteiger charge is 2.45. The van der Waals surface area contributed by atoms with Crippen LogP contribution in [0.15, 0.2) is 29.8 Å². The number of allylic oxidation sites excluding steroid dienone is 2. The lowest BCUT2D eigenvalue weighted by molar-refractivity contribution is -0.108. The van der Waals surface area contributed by atoms with Crippen molar-refractivity contribution < 1.29 is 23.9 Å². The monoisotopic (exact) mass is 476 g/mol. The fraction of sp³-hybridized carbons (Fsp3) is 0.630. The van der Waals surface area contributed by atoms with Gasteiger partial charge >= 0.3 is 5.97 Å². The Morgan fingerprint density at radius 2 is 1.64 bits per heavy atom. The SMILES string of the molecule is CC(C)=CCc1cccc(O)c1C(=O)O[C@@H](CCC=O)CCO[Si](C(C)C)(C(C)C)C(C)C. The van der Waals surface area contributed by atoms with Crippen LogP contribution in [0.2, 0.25) is 16.6 Å². The molecule has 0 aliphatic heterocycles. The molecule has 33 heavy (non-hydrogen) atoms. The van der Waals surface area contributed by atoms with Crippen molar-refractivity contribution in [3.05, 3.63) is 41.0 Å². The zero-order chi connectivity index (χ0) is 25.2. The summed E-state index contributed by atoms with van der Waals surface area (Å²) in [6.07, 6.45) is 4.22. The normalized spacial score (nSPS) is 12.8. The maximum Gasteiger partial charge on any atom is 0.342 e. The van der Waals surface area contributed by atoms with Crippen LogP contribution in [0.3, 0.4) is 0 Å². The molecular formula is C27H44O5Si. The number of aldehydes is 1. The third kappa shape index (κ3) is 8.11. The molecule has 1 N–H and O–H groups in total. The van der Waals surface area contributed by atoms with E-state index in [0.29, 0.717) is 48.9 Å². The molecule has 0 fully saturated rings. The summed E-state index contributed by atoms with van der Waals surface area (Å²) in [5, 5.41) is 10.4. The van der Waals surface area contributed by atoms with E-state index >= 15 is 0 Å². The second-order valence-corrected chi connectivity index (χ2v) is 15.5. The zero-order valence-electron chi connectivity index (χ0n) is 21.8. The van der Waals surface area contributed by atoms with E-state index in [1.807, 2.05) is 26.0 Å². The molecule has 0 unspecified atom stereocenters. The molecule has 6 heteroatoms. The number of ether oxygens (including phenoxy) is 1. The van der Waals surface area contributed by atoms with Crippen molar-refractivity contribution >= 4 is 20.6 Å². The molecule has 0 heterocycles. The van der Waals surface area contributed by atoms with Gasteiger partial charge in [-0.2, -0.15) is 0 Å². The Kier molecular flexibility index (Phi) is 12.1. The average Bonchev–Trinajstić information content (AvgIpc) is 2.72. The fourth-order valence-corrected chi connectivity index (χ4v) is 10.4. The van der Waals surface area contributed by atoms with Crippen LogP contribution in [0.5, 0.6) is 5.75 Å². The lowest BCUT2D eigenvalue weighted by atomic mass is 10.0. The van der Waals surface area contributed by atoms with Gasteiger partial charge in [0.15, 0.2) is 8.32 Å². The van der Waals surface area contributed by atoms with Gasteiger partial charge in [-0.15, -0.1) is 0 Å². The summed E-state index contributed by atoms with van der Waals surface area (Å²) in [5.41, 5.74) is 3.44. The molecular weight excluding hydrogens is 432 g/mol. The fourth-order valence-electron chi connectivity index (χ4n) is 4.90. The second-order valence-electron chi connectivity index (χ2n) is 10.0. The van der Waals surface area contributed by atoms with Crippen molar-refractivity contribution in [2.45, 2.75) is 104 Å². The molecule has 0 bridgehead atoms. The average molecular weight is 477 g/mol. The summed E-state index contributed by atoms with van der Waals surface area (Å²) in [7, 11) is -2.03. The summed E-state index contributed by atoms with van der Waals surface area (Å²) in [5.74, 6) is -0.642. The summed E-state index contributed by atoms with van der Waals surface area (Å²) >= 11 is 0. The van der Waals surface area contributed by atoms with Gasteiger partial charge in [-0.1, -0.05) is 65.3 Å². The molecule has 0 aliphatic rings. The number of aromatic hydroxyl groups is 1. The standard InChI is InChI=1S/C27H44O5Si/c1-19(2)14-15-23-11-9-13-25(29)26(23)27(30)32-24(12-10-17-28)16-18-31-33(20(3)4,21(5)6)22(7)8/h9,11,13-14,17,20-22,24,29H,10,12,15-16,18H2,1-8H3/t24-/m0/s1. The Balaban J connectivity index is 3.02. The largest absolute Gasteiger partial charge is 0.507 e. The first-order chi connectivity index (χ1) is 15.5. The highest BCUT2D eigenvalue weighted by atomic mass is 28.4. The third-order valence-electron chi connectivity index (χ3n) is 6.44. The summed E-state index contributed by atoms with van der Waals surface area (Å²) < 4.78 is 12.4. The zero-order valence-corrected chi connectivity index (χ0v) is 22.8. The molecule has 1 rings (SSSR count). The minimum atomic E-state index is -2.03. The molecule has 0 amide bonds.